The molecule has 0 aliphatic rings. The summed E-state index contributed by atoms with van der Waals surface area (Å²) in [7, 11) is -3.11. The van der Waals surface area contributed by atoms with E-state index in [9.17, 15) is 17.2 Å². The monoisotopic (exact) mass is 364 g/mol. The van der Waals surface area contributed by atoms with Gasteiger partial charge in [-0.1, -0.05) is 0 Å². The number of nitrogens with zero attached hydrogens (tertiary/aromatic N) is 1. The number of rotatable bonds is 3. The molecule has 0 saturated heterocycles. The summed E-state index contributed by atoms with van der Waals surface area (Å²) in [6.07, 6.45) is -1.87. The summed E-state index contributed by atoms with van der Waals surface area (Å²) in [5.74, 6) is -0.510. The highest BCUT2D eigenvalue weighted by Gasteiger charge is 2.26. The van der Waals surface area contributed by atoms with Gasteiger partial charge in [0.1, 0.15) is 0 Å². The van der Waals surface area contributed by atoms with Gasteiger partial charge in [0.05, 0.1) is 12.7 Å². The summed E-state index contributed by atoms with van der Waals surface area (Å²) in [5, 5.41) is 4.15. The van der Waals surface area contributed by atoms with E-state index in [4.69, 9.17) is 5.14 Å². The van der Waals surface area contributed by atoms with Crippen LogP contribution in [0.2, 0.25) is 0 Å². The van der Waals surface area contributed by atoms with Crippen molar-refractivity contribution in [1.82, 2.24) is 4.98 Å². The molecule has 0 saturated carbocycles. The van der Waals surface area contributed by atoms with Crippen molar-refractivity contribution in [2.24, 2.45) is 5.14 Å². The number of sulfonamides is 1. The average Bonchev–Trinajstić information content (AvgIpc) is 2.14. The van der Waals surface area contributed by atoms with E-state index in [1.807, 2.05) is 0 Å². The minimum absolute atomic E-state index is 0.108. The Kier molecular flexibility index (Phi) is 4.02. The molecule has 0 unspecified atom stereocenters. The number of primary sulfonamides is 1. The maximum atomic E-state index is 12.7. The van der Waals surface area contributed by atoms with Gasteiger partial charge in [-0.05, 0) is 22.6 Å². The molecule has 5 nitrogen and oxygen atoms in total. The second kappa shape index (κ2) is 4.75. The topological polar surface area (TPSA) is 82.3 Å². The summed E-state index contributed by atoms with van der Waals surface area (Å²) in [6, 6.07) is 0. The largest absolute Gasteiger partial charge is 0.493 e. The van der Waals surface area contributed by atoms with Gasteiger partial charge in [-0.2, -0.15) is 0 Å². The number of ether oxygens (including phenoxy) is 1. The van der Waals surface area contributed by atoms with E-state index in [1.54, 1.807) is 22.6 Å². The summed E-state index contributed by atoms with van der Waals surface area (Å²) in [6.45, 7) is 0. The lowest BCUT2D eigenvalue weighted by molar-refractivity contribution is 0.145. The quantitative estimate of drug-likeness (QED) is 0.820. The number of pyridine rings is 1. The van der Waals surface area contributed by atoms with Crippen LogP contribution >= 0.6 is 22.6 Å². The van der Waals surface area contributed by atoms with Gasteiger partial charge in [0.2, 0.25) is 5.03 Å². The number of nitrogens with two attached hydrogens (primary N) is 1. The molecule has 0 atom stereocenters. The molecule has 9 heteroatoms. The molecule has 1 rings (SSSR count). The molecule has 1 aromatic rings. The first kappa shape index (κ1) is 13.5. The molecular weight excluding hydrogens is 357 g/mol. The molecule has 1 heterocycles. The van der Waals surface area contributed by atoms with Crippen LogP contribution in [0.3, 0.4) is 0 Å². The molecule has 0 fully saturated rings. The predicted molar refractivity (Wildman–Crippen MR) is 59.8 cm³/mol. The number of halogens is 3. The van der Waals surface area contributed by atoms with Crippen molar-refractivity contribution in [3.05, 3.63) is 15.3 Å². The molecule has 16 heavy (non-hydrogen) atoms. The van der Waals surface area contributed by atoms with E-state index in [0.29, 0.717) is 0 Å². The smallest absolute Gasteiger partial charge is 0.268 e. The normalized spacial score (nSPS) is 11.9. The Morgan fingerprint density at radius 3 is 2.50 bits per heavy atom. The fourth-order valence-electron chi connectivity index (χ4n) is 1.07. The number of hydrogen-bond donors (Lipinski definition) is 1. The lowest BCUT2D eigenvalue weighted by Crippen LogP contribution is -2.16. The van der Waals surface area contributed by atoms with Gasteiger partial charge in [0.25, 0.3) is 16.4 Å². The van der Waals surface area contributed by atoms with Crippen LogP contribution in [0.25, 0.3) is 0 Å². The van der Waals surface area contributed by atoms with E-state index in [-0.39, 0.29) is 3.57 Å². The summed E-state index contributed by atoms with van der Waals surface area (Å²) in [4.78, 5) is 3.48. The number of alkyl halides is 2. The minimum Gasteiger partial charge on any atom is -0.493 e. The van der Waals surface area contributed by atoms with Crippen LogP contribution in [-0.2, 0) is 10.0 Å². The van der Waals surface area contributed by atoms with Crippen molar-refractivity contribution in [1.29, 1.82) is 0 Å². The molecule has 2 N–H and O–H groups in total. The summed E-state index contributed by atoms with van der Waals surface area (Å²) < 4.78 is 52.3. The zero-order valence-corrected chi connectivity index (χ0v) is 10.9. The Morgan fingerprint density at radius 1 is 1.56 bits per heavy atom. The second-order valence-corrected chi connectivity index (χ2v) is 5.34. The molecule has 0 radical (unpaired) electrons. The fraction of sp³-hybridized carbons (Fsp3) is 0.286. The standard InChI is InChI=1S/C7H7F2IN2O3S/c1-15-5-4(6(8)9)3(10)2-12-7(5)16(11,13)14/h2,6H,1H3,(H2,11,13,14). The van der Waals surface area contributed by atoms with Crippen molar-refractivity contribution in [3.63, 3.8) is 0 Å². The van der Waals surface area contributed by atoms with Crippen molar-refractivity contribution >= 4 is 32.6 Å². The van der Waals surface area contributed by atoms with E-state index in [0.717, 1.165) is 13.3 Å². The van der Waals surface area contributed by atoms with Crippen LogP contribution in [0, 0.1) is 3.57 Å². The highest BCUT2D eigenvalue weighted by molar-refractivity contribution is 14.1. The highest BCUT2D eigenvalue weighted by atomic mass is 127. The van der Waals surface area contributed by atoms with Gasteiger partial charge in [-0.25, -0.2) is 27.3 Å². The van der Waals surface area contributed by atoms with Crippen molar-refractivity contribution in [2.45, 2.75) is 11.5 Å². The van der Waals surface area contributed by atoms with Crippen molar-refractivity contribution in [3.8, 4) is 5.75 Å². The Balaban J connectivity index is 3.62. The van der Waals surface area contributed by atoms with Crippen molar-refractivity contribution in [2.75, 3.05) is 7.11 Å². The third-order valence-electron chi connectivity index (χ3n) is 1.68. The summed E-state index contributed by atoms with van der Waals surface area (Å²) >= 11 is 1.61. The fourth-order valence-corrected chi connectivity index (χ4v) is 2.34. The van der Waals surface area contributed by atoms with E-state index in [2.05, 4.69) is 9.72 Å². The molecular formula is C7H7F2IN2O3S. The van der Waals surface area contributed by atoms with E-state index in [1.165, 1.54) is 0 Å². The van der Waals surface area contributed by atoms with Gasteiger partial charge in [-0.15, -0.1) is 0 Å². The van der Waals surface area contributed by atoms with Gasteiger partial charge in [-0.3, -0.25) is 0 Å². The number of aromatic nitrogens is 1. The van der Waals surface area contributed by atoms with Crippen LogP contribution in [0.1, 0.15) is 12.0 Å². The van der Waals surface area contributed by atoms with Crippen LogP contribution in [0.5, 0.6) is 5.75 Å². The van der Waals surface area contributed by atoms with Gasteiger partial charge in [0.15, 0.2) is 5.75 Å². The highest BCUT2D eigenvalue weighted by Crippen LogP contribution is 2.35. The van der Waals surface area contributed by atoms with Crippen LogP contribution in [0.4, 0.5) is 8.78 Å². The lowest BCUT2D eigenvalue weighted by atomic mass is 10.2. The molecule has 0 amide bonds. The average molecular weight is 364 g/mol. The molecule has 0 spiro atoms. The molecule has 0 bridgehead atoms. The van der Waals surface area contributed by atoms with Crippen molar-refractivity contribution < 1.29 is 21.9 Å². The van der Waals surface area contributed by atoms with Gasteiger partial charge < -0.3 is 4.74 Å². The first-order chi connectivity index (χ1) is 7.29. The molecule has 0 aromatic carbocycles. The maximum absolute atomic E-state index is 12.7. The predicted octanol–water partition coefficient (Wildman–Crippen LogP) is 1.28. The Labute approximate surface area is 104 Å². The first-order valence-electron chi connectivity index (χ1n) is 3.82. The first-order valence-corrected chi connectivity index (χ1v) is 6.45. The molecule has 1 aromatic heterocycles. The lowest BCUT2D eigenvalue weighted by Gasteiger charge is -2.12. The van der Waals surface area contributed by atoms with Crippen LogP contribution in [-0.4, -0.2) is 20.5 Å². The van der Waals surface area contributed by atoms with Gasteiger partial charge >= 0.3 is 0 Å². The third-order valence-corrected chi connectivity index (χ3v) is 3.37. The van der Waals surface area contributed by atoms with Crippen LogP contribution in [0.15, 0.2) is 11.2 Å². The Morgan fingerprint density at radius 2 is 2.12 bits per heavy atom. The zero-order chi connectivity index (χ0) is 12.5. The van der Waals surface area contributed by atoms with Gasteiger partial charge in [0, 0.05) is 9.77 Å². The number of methoxy groups -OCH3 is 1. The maximum Gasteiger partial charge on any atom is 0.268 e. The molecule has 0 aliphatic carbocycles. The Bertz CT molecular complexity index is 507. The molecule has 0 aliphatic heterocycles. The minimum atomic E-state index is -4.19. The second-order valence-electron chi connectivity index (χ2n) is 2.70. The van der Waals surface area contributed by atoms with Crippen LogP contribution < -0.4 is 9.88 Å². The summed E-state index contributed by atoms with van der Waals surface area (Å²) in [5.41, 5.74) is -0.526. The SMILES string of the molecule is COc1c(S(N)(=O)=O)ncc(I)c1C(F)F. The number of hydrogen-bond acceptors (Lipinski definition) is 4. The third kappa shape index (κ3) is 2.58. The molecule has 90 valence electrons. The Hall–Kier alpha value is -0.550. The van der Waals surface area contributed by atoms with E-state index < -0.39 is 32.8 Å². The van der Waals surface area contributed by atoms with E-state index >= 15 is 0 Å². The zero-order valence-electron chi connectivity index (χ0n) is 7.95.